The van der Waals surface area contributed by atoms with Gasteiger partial charge in [-0.3, -0.25) is 0 Å². The molecule has 3 rings (SSSR count). The lowest BCUT2D eigenvalue weighted by Crippen LogP contribution is -2.12. The van der Waals surface area contributed by atoms with Gasteiger partial charge in [0, 0.05) is 11.3 Å². The minimum absolute atomic E-state index is 0.0315. The smallest absolute Gasteiger partial charge is 0.336 e. The second-order valence-corrected chi connectivity index (χ2v) is 5.72. The third kappa shape index (κ3) is 2.97. The second-order valence-electron chi connectivity index (χ2n) is 4.69. The maximum absolute atomic E-state index is 11.7. The Hall–Kier alpha value is -3.00. The number of carboxylic acid groups (broad SMARTS) is 2. The van der Waals surface area contributed by atoms with Gasteiger partial charge in [0.25, 0.3) is 0 Å². The van der Waals surface area contributed by atoms with E-state index >= 15 is 0 Å². The highest BCUT2D eigenvalue weighted by atomic mass is 32.1. The lowest BCUT2D eigenvalue weighted by atomic mass is 9.97. The Morgan fingerprint density at radius 1 is 1.09 bits per heavy atom. The van der Waals surface area contributed by atoms with Crippen molar-refractivity contribution in [2.45, 2.75) is 6.42 Å². The van der Waals surface area contributed by atoms with Crippen LogP contribution in [0.4, 0.5) is 0 Å². The van der Waals surface area contributed by atoms with E-state index in [4.69, 9.17) is 0 Å². The molecule has 0 radical (unpaired) electrons. The number of aromatic nitrogens is 2. The molecule has 3 aromatic rings. The van der Waals surface area contributed by atoms with Gasteiger partial charge in [-0.25, -0.2) is 14.2 Å². The number of hydrogen-bond donors (Lipinski definition) is 2. The molecule has 116 valence electrons. The molecule has 2 N–H and O–H groups in total. The van der Waals surface area contributed by atoms with E-state index in [0.29, 0.717) is 11.0 Å². The van der Waals surface area contributed by atoms with Crippen molar-refractivity contribution >= 4 is 39.9 Å². The Morgan fingerprint density at radius 2 is 1.87 bits per heavy atom. The van der Waals surface area contributed by atoms with Gasteiger partial charge in [-0.15, -0.1) is 11.3 Å². The molecule has 0 aliphatic carbocycles. The molecule has 0 fully saturated rings. The molecule has 1 aromatic carbocycles. The molecule has 0 amide bonds. The number of benzene rings is 1. The fourth-order valence-electron chi connectivity index (χ4n) is 2.22. The standard InChI is InChI=1S/C15H10N2O5S/c18-14(19)10(7-9-2-1-5-23-9)13(15(20)21)8-3-4-11-12(6-8)17-22-16-11/h1-6H,7H2,(H,18,19)(H,20,21)/b13-10-. The van der Waals surface area contributed by atoms with Crippen LogP contribution in [0.2, 0.25) is 0 Å². The fraction of sp³-hybridized carbons (Fsp3) is 0.0667. The lowest BCUT2D eigenvalue weighted by molar-refractivity contribution is -0.134. The highest BCUT2D eigenvalue weighted by Gasteiger charge is 2.23. The van der Waals surface area contributed by atoms with Crippen molar-refractivity contribution in [3.63, 3.8) is 0 Å². The van der Waals surface area contributed by atoms with E-state index in [0.717, 1.165) is 4.88 Å². The van der Waals surface area contributed by atoms with E-state index in [1.165, 1.54) is 29.5 Å². The maximum atomic E-state index is 11.7. The summed E-state index contributed by atoms with van der Waals surface area (Å²) in [5.74, 6) is -2.58. The lowest BCUT2D eigenvalue weighted by Gasteiger charge is -2.08. The molecule has 0 unspecified atom stereocenters. The third-order valence-electron chi connectivity index (χ3n) is 3.25. The minimum Gasteiger partial charge on any atom is -0.478 e. The predicted octanol–water partition coefficient (Wildman–Crippen LogP) is 2.45. The summed E-state index contributed by atoms with van der Waals surface area (Å²) in [5.41, 5.74) is 0.622. The van der Waals surface area contributed by atoms with Gasteiger partial charge in [-0.1, -0.05) is 12.1 Å². The Kier molecular flexibility index (Phi) is 3.90. The normalized spacial score (nSPS) is 12.2. The Balaban J connectivity index is 2.16. The molecule has 0 atom stereocenters. The van der Waals surface area contributed by atoms with E-state index in [2.05, 4.69) is 14.9 Å². The Labute approximate surface area is 133 Å². The van der Waals surface area contributed by atoms with Crippen molar-refractivity contribution in [1.29, 1.82) is 0 Å². The number of hydrogen-bond acceptors (Lipinski definition) is 6. The van der Waals surface area contributed by atoms with Crippen LogP contribution in [-0.4, -0.2) is 32.5 Å². The Bertz CT molecular complexity index is 911. The van der Waals surface area contributed by atoms with Crippen LogP contribution >= 0.6 is 11.3 Å². The quantitative estimate of drug-likeness (QED) is 0.691. The zero-order chi connectivity index (χ0) is 16.4. The molecule has 7 nitrogen and oxygen atoms in total. The third-order valence-corrected chi connectivity index (χ3v) is 4.12. The van der Waals surface area contributed by atoms with Crippen LogP contribution in [0.5, 0.6) is 0 Å². The summed E-state index contributed by atoms with van der Waals surface area (Å²) in [5, 5.41) is 28.1. The van der Waals surface area contributed by atoms with Crippen LogP contribution < -0.4 is 0 Å². The van der Waals surface area contributed by atoms with Crippen molar-refractivity contribution in [1.82, 2.24) is 10.3 Å². The number of nitrogens with zero attached hydrogens (tertiary/aromatic N) is 2. The number of carbonyl (C=O) groups is 2. The van der Waals surface area contributed by atoms with Crippen molar-refractivity contribution < 1.29 is 24.4 Å². The fourth-order valence-corrected chi connectivity index (χ4v) is 2.94. The monoisotopic (exact) mass is 330 g/mol. The zero-order valence-electron chi connectivity index (χ0n) is 11.6. The van der Waals surface area contributed by atoms with E-state index in [1.807, 2.05) is 5.38 Å². The first-order chi connectivity index (χ1) is 11.1. The zero-order valence-corrected chi connectivity index (χ0v) is 12.4. The number of thiophene rings is 1. The second kappa shape index (κ2) is 6.01. The highest BCUT2D eigenvalue weighted by Crippen LogP contribution is 2.26. The average Bonchev–Trinajstić information content (AvgIpc) is 3.16. The molecule has 0 bridgehead atoms. The Morgan fingerprint density at radius 3 is 2.52 bits per heavy atom. The first-order valence-electron chi connectivity index (χ1n) is 6.51. The van der Waals surface area contributed by atoms with E-state index in [-0.39, 0.29) is 23.1 Å². The first-order valence-corrected chi connectivity index (χ1v) is 7.39. The maximum Gasteiger partial charge on any atom is 0.336 e. The van der Waals surface area contributed by atoms with Gasteiger partial charge in [-0.05, 0) is 39.5 Å². The molecular weight excluding hydrogens is 320 g/mol. The summed E-state index contributed by atoms with van der Waals surface area (Å²) >= 11 is 1.37. The van der Waals surface area contributed by atoms with Gasteiger partial charge in [-0.2, -0.15) is 0 Å². The molecule has 2 heterocycles. The summed E-state index contributed by atoms with van der Waals surface area (Å²) in [6.07, 6.45) is 0.0315. The number of fused-ring (bicyclic) bond motifs is 1. The average molecular weight is 330 g/mol. The van der Waals surface area contributed by atoms with Crippen molar-refractivity contribution in [3.8, 4) is 0 Å². The number of carboxylic acids is 2. The van der Waals surface area contributed by atoms with Crippen LogP contribution in [-0.2, 0) is 16.0 Å². The molecule has 0 spiro atoms. The van der Waals surface area contributed by atoms with Crippen molar-refractivity contribution in [2.75, 3.05) is 0 Å². The molecule has 0 aliphatic rings. The van der Waals surface area contributed by atoms with E-state index in [9.17, 15) is 19.8 Å². The summed E-state index contributed by atoms with van der Waals surface area (Å²) in [6.45, 7) is 0. The summed E-state index contributed by atoms with van der Waals surface area (Å²) in [4.78, 5) is 24.0. The van der Waals surface area contributed by atoms with Crippen LogP contribution in [0.1, 0.15) is 10.4 Å². The summed E-state index contributed by atoms with van der Waals surface area (Å²) < 4.78 is 4.58. The SMILES string of the molecule is O=C(O)/C(Cc1cccs1)=C(\C(=O)O)c1ccc2nonc2c1. The van der Waals surface area contributed by atoms with Gasteiger partial charge in [0.2, 0.25) is 0 Å². The minimum atomic E-state index is -1.31. The number of aliphatic carboxylic acids is 2. The highest BCUT2D eigenvalue weighted by molar-refractivity contribution is 7.09. The molecular formula is C15H10N2O5S. The molecule has 8 heteroatoms. The number of rotatable bonds is 5. The van der Waals surface area contributed by atoms with Crippen molar-refractivity contribution in [2.24, 2.45) is 0 Å². The first kappa shape index (κ1) is 14.9. The predicted molar refractivity (Wildman–Crippen MR) is 82.0 cm³/mol. The molecule has 0 saturated carbocycles. The van der Waals surface area contributed by atoms with Gasteiger partial charge in [0.15, 0.2) is 0 Å². The summed E-state index contributed by atoms with van der Waals surface area (Å²) in [6, 6.07) is 8.03. The van der Waals surface area contributed by atoms with Crippen LogP contribution in [0.15, 0.2) is 45.9 Å². The van der Waals surface area contributed by atoms with Crippen LogP contribution in [0.3, 0.4) is 0 Å². The topological polar surface area (TPSA) is 114 Å². The molecule has 0 aliphatic heterocycles. The molecule has 0 saturated heterocycles. The van der Waals surface area contributed by atoms with Crippen LogP contribution in [0, 0.1) is 0 Å². The van der Waals surface area contributed by atoms with E-state index < -0.39 is 11.9 Å². The van der Waals surface area contributed by atoms with Gasteiger partial charge in [0.05, 0.1) is 11.1 Å². The van der Waals surface area contributed by atoms with E-state index in [1.54, 1.807) is 12.1 Å². The van der Waals surface area contributed by atoms with Gasteiger partial charge < -0.3 is 10.2 Å². The van der Waals surface area contributed by atoms with Gasteiger partial charge >= 0.3 is 11.9 Å². The largest absolute Gasteiger partial charge is 0.478 e. The summed E-state index contributed by atoms with van der Waals surface area (Å²) in [7, 11) is 0. The van der Waals surface area contributed by atoms with Crippen molar-refractivity contribution in [3.05, 3.63) is 51.7 Å². The van der Waals surface area contributed by atoms with Gasteiger partial charge in [0.1, 0.15) is 11.0 Å². The molecule has 23 heavy (non-hydrogen) atoms. The molecule has 2 aromatic heterocycles. The van der Waals surface area contributed by atoms with Crippen LogP contribution in [0.25, 0.3) is 16.6 Å².